The maximum Gasteiger partial charge on any atom is 0.142 e. The molecule has 0 amide bonds. The Morgan fingerprint density at radius 2 is 2.16 bits per heavy atom. The smallest absolute Gasteiger partial charge is 0.142 e. The van der Waals surface area contributed by atoms with E-state index in [-0.39, 0.29) is 0 Å². The van der Waals surface area contributed by atoms with Crippen molar-refractivity contribution in [3.05, 3.63) is 47.4 Å². The standard InChI is InChI=1S/C21H26ClN3/c1-5-7-12-23-20(14(3)4)17(6-2)21-24-18-11-8-15(22)13-19(18)25(21)16-9-10-16/h6-8,11-14,16H,5,9-10H2,1-4H3/b12-7+,17-6+,23-20+. The van der Waals surface area contributed by atoms with Gasteiger partial charge in [-0.1, -0.05) is 44.5 Å². The molecule has 1 aliphatic carbocycles. The van der Waals surface area contributed by atoms with Crippen molar-refractivity contribution >= 4 is 33.9 Å². The number of benzene rings is 1. The summed E-state index contributed by atoms with van der Waals surface area (Å²) in [5.41, 5.74) is 4.32. The minimum absolute atomic E-state index is 0.323. The Labute approximate surface area is 155 Å². The minimum Gasteiger partial charge on any atom is -0.321 e. The Kier molecular flexibility index (Phi) is 5.43. The van der Waals surface area contributed by atoms with Gasteiger partial charge in [0.2, 0.25) is 0 Å². The number of allylic oxidation sites excluding steroid dienone is 3. The van der Waals surface area contributed by atoms with Gasteiger partial charge >= 0.3 is 0 Å². The molecular weight excluding hydrogens is 330 g/mol. The number of hydrogen-bond donors (Lipinski definition) is 0. The second-order valence-corrected chi connectivity index (χ2v) is 7.27. The van der Waals surface area contributed by atoms with Crippen LogP contribution in [0, 0.1) is 5.92 Å². The lowest BCUT2D eigenvalue weighted by molar-refractivity contribution is 0.752. The van der Waals surface area contributed by atoms with Gasteiger partial charge in [-0.15, -0.1) is 0 Å². The quantitative estimate of drug-likeness (QED) is 0.547. The summed E-state index contributed by atoms with van der Waals surface area (Å²) in [6.07, 6.45) is 9.52. The van der Waals surface area contributed by atoms with Crippen LogP contribution < -0.4 is 0 Å². The molecule has 4 heteroatoms. The fourth-order valence-corrected chi connectivity index (χ4v) is 3.28. The third-order valence-electron chi connectivity index (χ3n) is 4.47. The van der Waals surface area contributed by atoms with E-state index in [0.717, 1.165) is 39.6 Å². The zero-order valence-electron chi connectivity index (χ0n) is 15.5. The molecule has 0 unspecified atom stereocenters. The Morgan fingerprint density at radius 1 is 1.40 bits per heavy atom. The van der Waals surface area contributed by atoms with Gasteiger partial charge < -0.3 is 4.57 Å². The van der Waals surface area contributed by atoms with Crippen molar-refractivity contribution in [2.24, 2.45) is 10.9 Å². The first-order valence-electron chi connectivity index (χ1n) is 9.14. The van der Waals surface area contributed by atoms with Crippen LogP contribution in [0.5, 0.6) is 0 Å². The molecule has 0 saturated heterocycles. The van der Waals surface area contributed by atoms with E-state index in [4.69, 9.17) is 21.6 Å². The van der Waals surface area contributed by atoms with Gasteiger partial charge in [-0.05, 0) is 50.3 Å². The van der Waals surface area contributed by atoms with Gasteiger partial charge in [0.25, 0.3) is 0 Å². The number of aromatic nitrogens is 2. The van der Waals surface area contributed by atoms with Crippen molar-refractivity contribution in [2.45, 2.75) is 53.0 Å². The fourth-order valence-electron chi connectivity index (χ4n) is 3.12. The van der Waals surface area contributed by atoms with Crippen LogP contribution in [0.2, 0.25) is 5.02 Å². The van der Waals surface area contributed by atoms with Crippen LogP contribution in [-0.4, -0.2) is 15.3 Å². The van der Waals surface area contributed by atoms with E-state index in [1.165, 1.54) is 12.8 Å². The summed E-state index contributed by atoms with van der Waals surface area (Å²) in [6, 6.07) is 6.47. The van der Waals surface area contributed by atoms with Crippen molar-refractivity contribution in [2.75, 3.05) is 0 Å². The molecule has 1 aliphatic rings. The largest absolute Gasteiger partial charge is 0.321 e. The topological polar surface area (TPSA) is 30.2 Å². The van der Waals surface area contributed by atoms with E-state index >= 15 is 0 Å². The van der Waals surface area contributed by atoms with Crippen LogP contribution in [0.3, 0.4) is 0 Å². The lowest BCUT2D eigenvalue weighted by atomic mass is 9.99. The maximum atomic E-state index is 6.25. The Hall–Kier alpha value is -1.87. The van der Waals surface area contributed by atoms with Gasteiger partial charge in [0.1, 0.15) is 5.82 Å². The summed E-state index contributed by atoms with van der Waals surface area (Å²) in [5, 5.41) is 0.756. The number of hydrogen-bond acceptors (Lipinski definition) is 2. The van der Waals surface area contributed by atoms with Gasteiger partial charge in [-0.3, -0.25) is 4.99 Å². The van der Waals surface area contributed by atoms with Crippen molar-refractivity contribution in [3.8, 4) is 0 Å². The molecule has 3 nitrogen and oxygen atoms in total. The van der Waals surface area contributed by atoms with Gasteiger partial charge in [0.15, 0.2) is 0 Å². The van der Waals surface area contributed by atoms with Crippen LogP contribution in [-0.2, 0) is 0 Å². The van der Waals surface area contributed by atoms with E-state index in [1.54, 1.807) is 0 Å². The Bertz CT molecular complexity index is 851. The van der Waals surface area contributed by atoms with Gasteiger partial charge in [0, 0.05) is 22.8 Å². The highest BCUT2D eigenvalue weighted by Gasteiger charge is 2.30. The van der Waals surface area contributed by atoms with E-state index in [1.807, 2.05) is 24.4 Å². The monoisotopic (exact) mass is 355 g/mol. The number of imidazole rings is 1. The van der Waals surface area contributed by atoms with Crippen LogP contribution in [0.25, 0.3) is 16.6 Å². The molecule has 1 aromatic carbocycles. The van der Waals surface area contributed by atoms with Gasteiger partial charge in [0.05, 0.1) is 16.7 Å². The number of nitrogens with zero attached hydrogens (tertiary/aromatic N) is 3. The summed E-state index contributed by atoms with van der Waals surface area (Å²) in [7, 11) is 0. The van der Waals surface area contributed by atoms with Crippen molar-refractivity contribution in [3.63, 3.8) is 0 Å². The third-order valence-corrected chi connectivity index (χ3v) is 4.71. The number of rotatable bonds is 6. The van der Waals surface area contributed by atoms with E-state index in [9.17, 15) is 0 Å². The highest BCUT2D eigenvalue weighted by molar-refractivity contribution is 6.31. The van der Waals surface area contributed by atoms with Gasteiger partial charge in [-0.2, -0.15) is 0 Å². The molecule has 25 heavy (non-hydrogen) atoms. The molecule has 2 aromatic rings. The van der Waals surface area contributed by atoms with Crippen molar-refractivity contribution < 1.29 is 0 Å². The second kappa shape index (κ2) is 7.57. The van der Waals surface area contributed by atoms with Crippen molar-refractivity contribution in [1.29, 1.82) is 0 Å². The molecule has 1 heterocycles. The van der Waals surface area contributed by atoms with Crippen molar-refractivity contribution in [1.82, 2.24) is 9.55 Å². The zero-order valence-corrected chi connectivity index (χ0v) is 16.2. The predicted octanol–water partition coefficient (Wildman–Crippen LogP) is 6.45. The average molecular weight is 356 g/mol. The molecule has 0 bridgehead atoms. The third kappa shape index (κ3) is 3.72. The lowest BCUT2D eigenvalue weighted by Crippen LogP contribution is -2.14. The molecule has 0 spiro atoms. The molecular formula is C21H26ClN3. The lowest BCUT2D eigenvalue weighted by Gasteiger charge is -2.15. The summed E-state index contributed by atoms with van der Waals surface area (Å²) in [5.74, 6) is 1.34. The second-order valence-electron chi connectivity index (χ2n) is 6.83. The molecule has 0 atom stereocenters. The average Bonchev–Trinajstić information content (AvgIpc) is 3.35. The Morgan fingerprint density at radius 3 is 2.76 bits per heavy atom. The molecule has 132 valence electrons. The van der Waals surface area contributed by atoms with E-state index in [0.29, 0.717) is 12.0 Å². The first kappa shape index (κ1) is 17.9. The highest BCUT2D eigenvalue weighted by Crippen LogP contribution is 2.41. The van der Waals surface area contributed by atoms with Crippen LogP contribution in [0.1, 0.15) is 58.8 Å². The fraction of sp³-hybridized carbons (Fsp3) is 0.429. The van der Waals surface area contributed by atoms with Crippen LogP contribution >= 0.6 is 11.6 Å². The van der Waals surface area contributed by atoms with Crippen LogP contribution in [0.4, 0.5) is 0 Å². The molecule has 0 N–H and O–H groups in total. The molecule has 3 rings (SSSR count). The molecule has 0 aliphatic heterocycles. The predicted molar refractivity (Wildman–Crippen MR) is 108 cm³/mol. The number of halogens is 1. The van der Waals surface area contributed by atoms with Gasteiger partial charge in [-0.25, -0.2) is 4.98 Å². The first-order valence-corrected chi connectivity index (χ1v) is 9.51. The summed E-state index contributed by atoms with van der Waals surface area (Å²) < 4.78 is 2.36. The maximum absolute atomic E-state index is 6.25. The normalized spacial score (nSPS) is 16.6. The Balaban J connectivity index is 2.17. The summed E-state index contributed by atoms with van der Waals surface area (Å²) >= 11 is 6.25. The summed E-state index contributed by atoms with van der Waals surface area (Å²) in [6.45, 7) is 8.56. The zero-order chi connectivity index (χ0) is 18.0. The minimum atomic E-state index is 0.323. The molecule has 1 fully saturated rings. The van der Waals surface area contributed by atoms with E-state index in [2.05, 4.69) is 44.4 Å². The van der Waals surface area contributed by atoms with Crippen LogP contribution in [0.15, 0.2) is 41.5 Å². The summed E-state index contributed by atoms with van der Waals surface area (Å²) in [4.78, 5) is 9.71. The molecule has 1 aromatic heterocycles. The SMILES string of the molecule is C\C=C(/C(=N/C=C/CC)C(C)C)c1nc2ccc(Cl)cc2n1C1CC1. The molecule has 0 radical (unpaired) electrons. The number of fused-ring (bicyclic) bond motifs is 1. The molecule has 1 saturated carbocycles. The first-order chi connectivity index (χ1) is 12.1. The van der Waals surface area contributed by atoms with E-state index < -0.39 is 0 Å². The highest BCUT2D eigenvalue weighted by atomic mass is 35.5. The number of aliphatic imine (C=N–C) groups is 1.